The number of hydrogen-bond acceptors (Lipinski definition) is 7. The minimum Gasteiger partial charge on any atom is -0.311 e. The summed E-state index contributed by atoms with van der Waals surface area (Å²) < 4.78 is 3.55. The largest absolute Gasteiger partial charge is 0.331 e. The van der Waals surface area contributed by atoms with Gasteiger partial charge in [-0.25, -0.2) is 14.8 Å². The maximum absolute atomic E-state index is 12.5. The first-order chi connectivity index (χ1) is 17.2. The first kappa shape index (κ1) is 24.8. The number of nitrogens with one attached hydrogen (secondary N) is 1. The van der Waals surface area contributed by atoms with E-state index < -0.39 is 0 Å². The van der Waals surface area contributed by atoms with Crippen LogP contribution in [0.25, 0.3) is 21.5 Å². The number of hydrogen-bond donors (Lipinski definition) is 1. The van der Waals surface area contributed by atoms with Gasteiger partial charge in [-0.2, -0.15) is 0 Å². The molecule has 1 fully saturated rings. The molecule has 188 valence electrons. The van der Waals surface area contributed by atoms with E-state index in [0.29, 0.717) is 17.1 Å². The van der Waals surface area contributed by atoms with Crippen LogP contribution in [-0.2, 0) is 20.1 Å². The summed E-state index contributed by atoms with van der Waals surface area (Å²) in [6.07, 6.45) is 3.05. The van der Waals surface area contributed by atoms with Crippen molar-refractivity contribution >= 4 is 33.2 Å². The molecule has 1 saturated heterocycles. The molecule has 36 heavy (non-hydrogen) atoms. The summed E-state index contributed by atoms with van der Waals surface area (Å²) in [5.74, 6) is 0. The quantitative estimate of drug-likeness (QED) is 0.430. The van der Waals surface area contributed by atoms with E-state index in [1.165, 1.54) is 38.3 Å². The molecular formula is C26H29ClN6O2S. The lowest BCUT2D eigenvalue weighted by molar-refractivity contribution is 0.139. The minimum absolute atomic E-state index is 0.185. The maximum atomic E-state index is 12.5. The zero-order valence-electron chi connectivity index (χ0n) is 20.8. The number of aromatic nitrogens is 4. The lowest BCUT2D eigenvalue weighted by atomic mass is 9.97. The van der Waals surface area contributed by atoms with Gasteiger partial charge in [-0.1, -0.05) is 11.6 Å². The second-order valence-electron chi connectivity index (χ2n) is 9.62. The molecule has 8 nitrogen and oxygen atoms in total. The van der Waals surface area contributed by atoms with Crippen molar-refractivity contribution < 1.29 is 0 Å². The topological polar surface area (TPSA) is 85.0 Å². The molecule has 4 aromatic rings. The van der Waals surface area contributed by atoms with Crippen molar-refractivity contribution in [2.45, 2.75) is 45.9 Å². The third kappa shape index (κ3) is 4.76. The zero-order chi connectivity index (χ0) is 25.6. The Hall–Kier alpha value is -2.85. The Bertz CT molecular complexity index is 1560. The van der Waals surface area contributed by atoms with Crippen molar-refractivity contribution in [1.82, 2.24) is 29.3 Å². The van der Waals surface area contributed by atoms with Crippen LogP contribution in [0.15, 0.2) is 46.4 Å². The fraction of sp³-hybridized carbons (Fsp3) is 0.385. The molecule has 3 aromatic heterocycles. The van der Waals surface area contributed by atoms with Gasteiger partial charge in [-0.3, -0.25) is 14.3 Å². The van der Waals surface area contributed by atoms with Gasteiger partial charge in [-0.15, -0.1) is 11.3 Å². The number of piperazine rings is 1. The maximum Gasteiger partial charge on any atom is 0.331 e. The Kier molecular flexibility index (Phi) is 6.82. The summed E-state index contributed by atoms with van der Waals surface area (Å²) in [6, 6.07) is 8.16. The minimum atomic E-state index is -0.349. The number of thiophene rings is 1. The van der Waals surface area contributed by atoms with Crippen molar-refractivity contribution in [1.29, 1.82) is 0 Å². The monoisotopic (exact) mass is 524 g/mol. The van der Waals surface area contributed by atoms with Crippen molar-refractivity contribution in [3.05, 3.63) is 78.7 Å². The van der Waals surface area contributed by atoms with Gasteiger partial charge in [0.05, 0.1) is 22.5 Å². The van der Waals surface area contributed by atoms with Gasteiger partial charge in [0.25, 0.3) is 5.56 Å². The van der Waals surface area contributed by atoms with Crippen LogP contribution < -0.4 is 16.6 Å². The second kappa shape index (κ2) is 9.89. The molecule has 0 aliphatic carbocycles. The summed E-state index contributed by atoms with van der Waals surface area (Å²) in [5.41, 5.74) is 4.25. The molecule has 1 aliphatic heterocycles. The van der Waals surface area contributed by atoms with E-state index in [2.05, 4.69) is 36.0 Å². The van der Waals surface area contributed by atoms with E-state index in [1.807, 2.05) is 18.2 Å². The molecule has 0 saturated carbocycles. The average Bonchev–Trinajstić information content (AvgIpc) is 3.26. The van der Waals surface area contributed by atoms with Crippen LogP contribution in [0.5, 0.6) is 0 Å². The SMILES string of the molecule is Cc1cc(Cl)cc(-c2ncnc3cc(Cn4c(=O)ccn(C)c4=O)sc23)c1CN1C[C@@H](C)NC[C@@H]1C. The number of halogens is 1. The fourth-order valence-corrected chi connectivity index (χ4v) is 6.18. The van der Waals surface area contributed by atoms with Crippen LogP contribution >= 0.6 is 22.9 Å². The van der Waals surface area contributed by atoms with E-state index in [-0.39, 0.29) is 17.8 Å². The number of benzene rings is 1. The number of rotatable bonds is 5. The zero-order valence-corrected chi connectivity index (χ0v) is 22.4. The van der Waals surface area contributed by atoms with Crippen LogP contribution in [0.4, 0.5) is 0 Å². The van der Waals surface area contributed by atoms with Crippen molar-refractivity contribution in [3.63, 3.8) is 0 Å². The van der Waals surface area contributed by atoms with Crippen LogP contribution in [0.2, 0.25) is 5.02 Å². The van der Waals surface area contributed by atoms with Crippen molar-refractivity contribution in [2.75, 3.05) is 13.1 Å². The molecule has 0 bridgehead atoms. The summed E-state index contributed by atoms with van der Waals surface area (Å²) in [4.78, 5) is 37.4. The third-order valence-corrected chi connectivity index (χ3v) is 8.20. The normalized spacial score (nSPS) is 18.7. The fourth-order valence-electron chi connectivity index (χ4n) is 4.80. The smallest absolute Gasteiger partial charge is 0.311 e. The van der Waals surface area contributed by atoms with Crippen molar-refractivity contribution in [3.8, 4) is 11.3 Å². The lowest BCUT2D eigenvalue weighted by Crippen LogP contribution is -2.53. The van der Waals surface area contributed by atoms with E-state index in [9.17, 15) is 9.59 Å². The molecular weight excluding hydrogens is 496 g/mol. The second-order valence-corrected chi connectivity index (χ2v) is 11.2. The highest BCUT2D eigenvalue weighted by Crippen LogP contribution is 2.37. The Morgan fingerprint density at radius 3 is 2.78 bits per heavy atom. The Morgan fingerprint density at radius 2 is 1.97 bits per heavy atom. The third-order valence-electron chi connectivity index (χ3n) is 6.86. The van der Waals surface area contributed by atoms with Gasteiger partial charge in [0.2, 0.25) is 0 Å². The summed E-state index contributed by atoms with van der Waals surface area (Å²) in [5, 5.41) is 4.21. The molecule has 1 aromatic carbocycles. The van der Waals surface area contributed by atoms with Crippen LogP contribution in [0, 0.1) is 6.92 Å². The molecule has 10 heteroatoms. The van der Waals surface area contributed by atoms with Gasteiger partial charge >= 0.3 is 5.69 Å². The van der Waals surface area contributed by atoms with Crippen LogP contribution in [-0.4, -0.2) is 49.2 Å². The predicted molar refractivity (Wildman–Crippen MR) is 145 cm³/mol. The van der Waals surface area contributed by atoms with Gasteiger partial charge < -0.3 is 9.88 Å². The first-order valence-electron chi connectivity index (χ1n) is 12.0. The summed E-state index contributed by atoms with van der Waals surface area (Å²) in [7, 11) is 1.63. The number of nitrogens with zero attached hydrogens (tertiary/aromatic N) is 5. The predicted octanol–water partition coefficient (Wildman–Crippen LogP) is 3.41. The number of aryl methyl sites for hydroxylation is 2. The molecule has 5 rings (SSSR count). The first-order valence-corrected chi connectivity index (χ1v) is 13.2. The van der Waals surface area contributed by atoms with E-state index in [0.717, 1.165) is 51.5 Å². The van der Waals surface area contributed by atoms with E-state index in [1.54, 1.807) is 13.4 Å². The summed E-state index contributed by atoms with van der Waals surface area (Å²) >= 11 is 8.05. The van der Waals surface area contributed by atoms with E-state index >= 15 is 0 Å². The highest BCUT2D eigenvalue weighted by Gasteiger charge is 2.25. The van der Waals surface area contributed by atoms with Gasteiger partial charge in [0.15, 0.2) is 0 Å². The molecule has 0 amide bonds. The van der Waals surface area contributed by atoms with Gasteiger partial charge in [-0.05, 0) is 50.1 Å². The van der Waals surface area contributed by atoms with Crippen molar-refractivity contribution in [2.24, 2.45) is 7.05 Å². The Morgan fingerprint density at radius 1 is 1.17 bits per heavy atom. The molecule has 0 spiro atoms. The molecule has 1 aliphatic rings. The highest BCUT2D eigenvalue weighted by atomic mass is 35.5. The highest BCUT2D eigenvalue weighted by molar-refractivity contribution is 7.19. The number of fused-ring (bicyclic) bond motifs is 1. The van der Waals surface area contributed by atoms with Crippen LogP contribution in [0.3, 0.4) is 0 Å². The van der Waals surface area contributed by atoms with Gasteiger partial charge in [0, 0.05) is 66.5 Å². The molecule has 1 N–H and O–H groups in total. The Labute approximate surface area is 218 Å². The van der Waals surface area contributed by atoms with Gasteiger partial charge in [0.1, 0.15) is 6.33 Å². The van der Waals surface area contributed by atoms with Crippen LogP contribution in [0.1, 0.15) is 29.9 Å². The average molecular weight is 525 g/mol. The molecule has 0 radical (unpaired) electrons. The molecule has 4 heterocycles. The standard InChI is InChI=1S/C26H29ClN6O2S/c1-15-7-18(27)8-20(21(15)13-32-11-16(2)28-10-17(32)3)24-25-22(29-14-30-24)9-19(36-25)12-33-23(34)5-6-31(4)26(33)35/h5-9,14,16-17,28H,10-13H2,1-4H3/t16-,17+/m1/s1. The van der Waals surface area contributed by atoms with E-state index in [4.69, 9.17) is 16.6 Å². The molecule has 0 unspecified atom stereocenters. The summed E-state index contributed by atoms with van der Waals surface area (Å²) in [6.45, 7) is 9.44. The molecule has 2 atom stereocenters. The Balaban J connectivity index is 1.59. The lowest BCUT2D eigenvalue weighted by Gasteiger charge is -2.38.